The van der Waals surface area contributed by atoms with Gasteiger partial charge in [-0.25, -0.2) is 0 Å². The summed E-state index contributed by atoms with van der Waals surface area (Å²) in [5.41, 5.74) is 0.256. The smallest absolute Gasteiger partial charge is 0.191 e. The van der Waals surface area contributed by atoms with Gasteiger partial charge in [-0.15, -0.1) is 0 Å². The summed E-state index contributed by atoms with van der Waals surface area (Å²) in [6.07, 6.45) is 3.74. The lowest BCUT2D eigenvalue weighted by Gasteiger charge is -2.36. The molecule has 4 heteroatoms. The Labute approximate surface area is 105 Å². The first-order valence-corrected chi connectivity index (χ1v) is 6.80. The maximum atomic E-state index is 5.23. The minimum Gasteiger partial charge on any atom is -0.380 e. The number of nitrogens with zero attached hydrogens (tertiary/aromatic N) is 1. The zero-order chi connectivity index (χ0) is 12.6. The second-order valence-corrected chi connectivity index (χ2v) is 5.13. The topological polar surface area (TPSA) is 45.7 Å². The molecule has 0 aromatic rings. The number of ether oxygens (including phenoxy) is 1. The van der Waals surface area contributed by atoms with Crippen LogP contribution in [-0.2, 0) is 4.74 Å². The van der Waals surface area contributed by atoms with Crippen LogP contribution < -0.4 is 10.6 Å². The van der Waals surface area contributed by atoms with Gasteiger partial charge in [-0.1, -0.05) is 26.7 Å². The van der Waals surface area contributed by atoms with E-state index >= 15 is 0 Å². The highest BCUT2D eigenvalue weighted by Gasteiger charge is 2.33. The van der Waals surface area contributed by atoms with E-state index < -0.39 is 0 Å². The van der Waals surface area contributed by atoms with E-state index in [1.165, 1.54) is 19.3 Å². The molecule has 1 heterocycles. The number of aliphatic imine (C=N–C) groups is 1. The minimum absolute atomic E-state index is 0.256. The lowest BCUT2D eigenvalue weighted by atomic mass is 9.89. The molecular weight excluding hydrogens is 214 g/mol. The van der Waals surface area contributed by atoms with Crippen LogP contribution in [-0.4, -0.2) is 38.8 Å². The van der Waals surface area contributed by atoms with Gasteiger partial charge in [0.2, 0.25) is 0 Å². The van der Waals surface area contributed by atoms with E-state index in [4.69, 9.17) is 4.74 Å². The Balaban J connectivity index is 2.27. The zero-order valence-corrected chi connectivity index (χ0v) is 11.5. The molecule has 0 bridgehead atoms. The molecule has 0 spiro atoms. The molecule has 0 aromatic carbocycles. The summed E-state index contributed by atoms with van der Waals surface area (Å²) in [5, 5.41) is 6.65. The third kappa shape index (κ3) is 5.39. The highest BCUT2D eigenvalue weighted by molar-refractivity contribution is 5.79. The van der Waals surface area contributed by atoms with Crippen molar-refractivity contribution < 1.29 is 4.74 Å². The first-order valence-electron chi connectivity index (χ1n) is 6.80. The van der Waals surface area contributed by atoms with Crippen molar-refractivity contribution in [3.63, 3.8) is 0 Å². The molecule has 4 nitrogen and oxygen atoms in total. The van der Waals surface area contributed by atoms with E-state index in [1.807, 2.05) is 0 Å². The van der Waals surface area contributed by atoms with Crippen LogP contribution in [0.25, 0.3) is 0 Å². The Morgan fingerprint density at radius 1 is 1.24 bits per heavy atom. The van der Waals surface area contributed by atoms with E-state index in [-0.39, 0.29) is 5.41 Å². The molecule has 17 heavy (non-hydrogen) atoms. The fraction of sp³-hybridized carbons (Fsp3) is 0.923. The van der Waals surface area contributed by atoms with Crippen LogP contribution >= 0.6 is 0 Å². The lowest BCUT2D eigenvalue weighted by Crippen LogP contribution is -2.44. The largest absolute Gasteiger partial charge is 0.380 e. The molecule has 1 aliphatic heterocycles. The van der Waals surface area contributed by atoms with Crippen molar-refractivity contribution in [2.24, 2.45) is 10.4 Å². The molecule has 1 aliphatic rings. The van der Waals surface area contributed by atoms with Gasteiger partial charge in [-0.05, 0) is 13.3 Å². The van der Waals surface area contributed by atoms with E-state index in [0.717, 1.165) is 38.8 Å². The van der Waals surface area contributed by atoms with Crippen molar-refractivity contribution >= 4 is 5.96 Å². The van der Waals surface area contributed by atoms with Crippen molar-refractivity contribution in [2.45, 2.75) is 40.0 Å². The Morgan fingerprint density at radius 3 is 2.53 bits per heavy atom. The minimum atomic E-state index is 0.256. The highest BCUT2D eigenvalue weighted by Crippen LogP contribution is 2.26. The van der Waals surface area contributed by atoms with Crippen LogP contribution in [0, 0.1) is 5.41 Å². The predicted molar refractivity (Wildman–Crippen MR) is 72.4 cm³/mol. The van der Waals surface area contributed by atoms with Crippen molar-refractivity contribution in [1.82, 2.24) is 10.6 Å². The van der Waals surface area contributed by atoms with E-state index in [0.29, 0.717) is 0 Å². The number of hydrogen-bond acceptors (Lipinski definition) is 2. The summed E-state index contributed by atoms with van der Waals surface area (Å²) >= 11 is 0. The number of nitrogens with one attached hydrogen (secondary N) is 2. The van der Waals surface area contributed by atoms with Crippen LogP contribution in [0.4, 0.5) is 0 Å². The maximum absolute atomic E-state index is 5.23. The molecule has 0 amide bonds. The van der Waals surface area contributed by atoms with E-state index in [2.05, 4.69) is 36.4 Å². The summed E-state index contributed by atoms with van der Waals surface area (Å²) in [4.78, 5) is 4.62. The van der Waals surface area contributed by atoms with Crippen LogP contribution in [0.5, 0.6) is 0 Å². The molecule has 100 valence electrons. The van der Waals surface area contributed by atoms with Gasteiger partial charge in [0.15, 0.2) is 5.96 Å². The second kappa shape index (κ2) is 7.54. The van der Waals surface area contributed by atoms with Crippen LogP contribution in [0.1, 0.15) is 40.0 Å². The number of hydrogen-bond donors (Lipinski definition) is 2. The summed E-state index contributed by atoms with van der Waals surface area (Å²) < 4.78 is 5.23. The monoisotopic (exact) mass is 241 g/mol. The predicted octanol–water partition coefficient (Wildman–Crippen LogP) is 1.77. The number of unbranched alkanes of at least 4 members (excludes halogenated alkanes) is 2. The van der Waals surface area contributed by atoms with Gasteiger partial charge in [0, 0.05) is 18.5 Å². The molecule has 1 saturated heterocycles. The Hall–Kier alpha value is -0.770. The van der Waals surface area contributed by atoms with Gasteiger partial charge in [-0.2, -0.15) is 0 Å². The summed E-state index contributed by atoms with van der Waals surface area (Å²) in [6, 6.07) is 0. The van der Waals surface area contributed by atoms with Crippen molar-refractivity contribution in [2.75, 3.05) is 32.8 Å². The van der Waals surface area contributed by atoms with Crippen LogP contribution in [0.2, 0.25) is 0 Å². The molecule has 1 fully saturated rings. The van der Waals surface area contributed by atoms with Crippen LogP contribution in [0.15, 0.2) is 4.99 Å². The Morgan fingerprint density at radius 2 is 2.00 bits per heavy atom. The van der Waals surface area contributed by atoms with Gasteiger partial charge in [-0.3, -0.25) is 4.99 Å². The van der Waals surface area contributed by atoms with Gasteiger partial charge in [0.1, 0.15) is 0 Å². The molecule has 0 radical (unpaired) electrons. The van der Waals surface area contributed by atoms with E-state index in [1.54, 1.807) is 0 Å². The fourth-order valence-electron chi connectivity index (χ4n) is 1.74. The molecule has 0 aromatic heterocycles. The second-order valence-electron chi connectivity index (χ2n) is 5.13. The summed E-state index contributed by atoms with van der Waals surface area (Å²) in [6.45, 7) is 11.0. The standard InChI is InChI=1S/C13H27N3O/c1-4-6-7-8-15-12(14-5-2)16-9-13(3)10-17-11-13/h4-11H2,1-3H3,(H2,14,15,16). The summed E-state index contributed by atoms with van der Waals surface area (Å²) in [5.74, 6) is 0.941. The molecular formula is C13H27N3O. The maximum Gasteiger partial charge on any atom is 0.191 e. The van der Waals surface area contributed by atoms with Gasteiger partial charge < -0.3 is 15.4 Å². The van der Waals surface area contributed by atoms with Gasteiger partial charge >= 0.3 is 0 Å². The highest BCUT2D eigenvalue weighted by atomic mass is 16.5. The SMILES string of the molecule is CCCCCNC(=NCC1(C)COC1)NCC. The zero-order valence-electron chi connectivity index (χ0n) is 11.5. The molecule has 0 atom stereocenters. The lowest BCUT2D eigenvalue weighted by molar-refractivity contribution is -0.0945. The number of rotatable bonds is 7. The van der Waals surface area contributed by atoms with Crippen molar-refractivity contribution in [1.29, 1.82) is 0 Å². The summed E-state index contributed by atoms with van der Waals surface area (Å²) in [7, 11) is 0. The first-order chi connectivity index (χ1) is 8.20. The molecule has 0 unspecified atom stereocenters. The van der Waals surface area contributed by atoms with Crippen molar-refractivity contribution in [3.8, 4) is 0 Å². The molecule has 2 N–H and O–H groups in total. The third-order valence-corrected chi connectivity index (χ3v) is 2.94. The Bertz CT molecular complexity index is 237. The Kier molecular flexibility index (Phi) is 6.34. The first kappa shape index (κ1) is 14.3. The van der Waals surface area contributed by atoms with Gasteiger partial charge in [0.05, 0.1) is 19.8 Å². The normalized spacial score (nSPS) is 18.6. The fourth-order valence-corrected chi connectivity index (χ4v) is 1.74. The average molecular weight is 241 g/mol. The van der Waals surface area contributed by atoms with Crippen molar-refractivity contribution in [3.05, 3.63) is 0 Å². The quantitative estimate of drug-likeness (QED) is 0.406. The molecule has 0 saturated carbocycles. The number of guanidine groups is 1. The van der Waals surface area contributed by atoms with E-state index in [9.17, 15) is 0 Å². The third-order valence-electron chi connectivity index (χ3n) is 2.94. The molecule has 0 aliphatic carbocycles. The van der Waals surface area contributed by atoms with Gasteiger partial charge in [0.25, 0.3) is 0 Å². The average Bonchev–Trinajstić information content (AvgIpc) is 2.29. The van der Waals surface area contributed by atoms with Crippen LogP contribution in [0.3, 0.4) is 0 Å². The molecule has 1 rings (SSSR count).